The Morgan fingerprint density at radius 1 is 1.37 bits per heavy atom. The van der Waals surface area contributed by atoms with Crippen LogP contribution >= 0.6 is 0 Å². The summed E-state index contributed by atoms with van der Waals surface area (Å²) in [5.74, 6) is 0.866. The maximum atomic E-state index is 13.6. The van der Waals surface area contributed by atoms with Gasteiger partial charge in [-0.2, -0.15) is 0 Å². The average molecular weight is 374 g/mol. The summed E-state index contributed by atoms with van der Waals surface area (Å²) >= 11 is 0. The molecule has 7 nitrogen and oxygen atoms in total. The van der Waals surface area contributed by atoms with Gasteiger partial charge in [0.2, 0.25) is 5.91 Å². The van der Waals surface area contributed by atoms with Crippen molar-refractivity contribution in [3.63, 3.8) is 0 Å². The number of nitrogens with zero attached hydrogens (tertiary/aromatic N) is 5. The molecule has 1 unspecified atom stereocenters. The number of benzene rings is 1. The fourth-order valence-electron chi connectivity index (χ4n) is 3.61. The Morgan fingerprint density at radius 2 is 2.15 bits per heavy atom. The van der Waals surface area contributed by atoms with Crippen molar-refractivity contribution in [1.82, 2.24) is 30.4 Å². The van der Waals surface area contributed by atoms with Gasteiger partial charge in [-0.3, -0.25) is 4.79 Å². The summed E-state index contributed by atoms with van der Waals surface area (Å²) in [6.07, 6.45) is 2.33. The zero-order valence-electron chi connectivity index (χ0n) is 15.9. The lowest BCUT2D eigenvalue weighted by atomic mass is 9.95. The molecule has 1 N–H and O–H groups in total. The number of hydrogen-bond donors (Lipinski definition) is 1. The van der Waals surface area contributed by atoms with Crippen LogP contribution in [0.1, 0.15) is 37.2 Å². The van der Waals surface area contributed by atoms with E-state index in [-0.39, 0.29) is 11.7 Å². The number of rotatable bonds is 7. The van der Waals surface area contributed by atoms with E-state index in [2.05, 4.69) is 27.8 Å². The third-order valence-electron chi connectivity index (χ3n) is 5.16. The second-order valence-corrected chi connectivity index (χ2v) is 7.10. The minimum Gasteiger partial charge on any atom is -0.341 e. The van der Waals surface area contributed by atoms with Gasteiger partial charge in [-0.1, -0.05) is 19.1 Å². The number of likely N-dealkylation sites (tertiary alicyclic amines) is 1. The molecule has 1 amide bonds. The highest BCUT2D eigenvalue weighted by Crippen LogP contribution is 2.23. The lowest BCUT2D eigenvalue weighted by Crippen LogP contribution is -2.44. The van der Waals surface area contributed by atoms with Gasteiger partial charge in [0.05, 0.1) is 0 Å². The Hall–Kier alpha value is -2.35. The molecule has 0 spiro atoms. The SMILES string of the molecule is CCNCC1CCN(C(=O)C(Cc2cccc(F)c2)n2nnnc2C)CC1. The Balaban J connectivity index is 1.73. The Labute approximate surface area is 158 Å². The molecule has 1 aromatic carbocycles. The van der Waals surface area contributed by atoms with Gasteiger partial charge in [0, 0.05) is 19.5 Å². The van der Waals surface area contributed by atoms with Crippen molar-refractivity contribution < 1.29 is 9.18 Å². The van der Waals surface area contributed by atoms with Gasteiger partial charge in [-0.25, -0.2) is 9.07 Å². The van der Waals surface area contributed by atoms with Crippen molar-refractivity contribution in [3.05, 3.63) is 41.5 Å². The monoisotopic (exact) mass is 374 g/mol. The van der Waals surface area contributed by atoms with Crippen LogP contribution in [0.25, 0.3) is 0 Å². The third kappa shape index (κ3) is 4.88. The molecule has 1 aromatic heterocycles. The predicted molar refractivity (Wildman–Crippen MR) is 99.5 cm³/mol. The molecular weight excluding hydrogens is 347 g/mol. The third-order valence-corrected chi connectivity index (χ3v) is 5.16. The van der Waals surface area contributed by atoms with Crippen molar-refractivity contribution in [2.45, 2.75) is 39.2 Å². The van der Waals surface area contributed by atoms with E-state index in [9.17, 15) is 9.18 Å². The van der Waals surface area contributed by atoms with Gasteiger partial charge < -0.3 is 10.2 Å². The van der Waals surface area contributed by atoms with E-state index < -0.39 is 6.04 Å². The number of nitrogens with one attached hydrogen (secondary N) is 1. The van der Waals surface area contributed by atoms with Crippen LogP contribution in [0.3, 0.4) is 0 Å². The second kappa shape index (κ2) is 9.03. The maximum absolute atomic E-state index is 13.6. The summed E-state index contributed by atoms with van der Waals surface area (Å²) in [7, 11) is 0. The molecule has 0 radical (unpaired) electrons. The number of halogens is 1. The number of amides is 1. The molecule has 1 fully saturated rings. The molecule has 0 saturated carbocycles. The molecule has 1 aliphatic rings. The summed E-state index contributed by atoms with van der Waals surface area (Å²) in [4.78, 5) is 15.2. The average Bonchev–Trinajstić information content (AvgIpc) is 3.10. The molecule has 8 heteroatoms. The number of piperidine rings is 1. The van der Waals surface area contributed by atoms with E-state index in [1.807, 2.05) is 11.0 Å². The first kappa shape index (κ1) is 19.4. The zero-order valence-corrected chi connectivity index (χ0v) is 15.9. The van der Waals surface area contributed by atoms with Gasteiger partial charge >= 0.3 is 0 Å². The molecule has 0 aliphatic carbocycles. The van der Waals surface area contributed by atoms with E-state index in [1.54, 1.807) is 17.7 Å². The molecule has 2 heterocycles. The molecule has 3 rings (SSSR count). The van der Waals surface area contributed by atoms with Crippen LogP contribution < -0.4 is 5.32 Å². The minimum absolute atomic E-state index is 0.00318. The highest BCUT2D eigenvalue weighted by Gasteiger charge is 2.31. The van der Waals surface area contributed by atoms with E-state index in [1.165, 1.54) is 12.1 Å². The van der Waals surface area contributed by atoms with Crippen LogP contribution in [0.15, 0.2) is 24.3 Å². The zero-order chi connectivity index (χ0) is 19.2. The number of aromatic nitrogens is 4. The van der Waals surface area contributed by atoms with Crippen molar-refractivity contribution in [2.75, 3.05) is 26.2 Å². The largest absolute Gasteiger partial charge is 0.341 e. The first-order valence-corrected chi connectivity index (χ1v) is 9.57. The molecule has 1 atom stereocenters. The van der Waals surface area contributed by atoms with Crippen molar-refractivity contribution >= 4 is 5.91 Å². The van der Waals surface area contributed by atoms with Gasteiger partial charge in [-0.05, 0) is 66.9 Å². The molecular formula is C19H27FN6O. The van der Waals surface area contributed by atoms with Gasteiger partial charge in [0.25, 0.3) is 0 Å². The van der Waals surface area contributed by atoms with Gasteiger partial charge in [0.15, 0.2) is 0 Å². The summed E-state index contributed by atoms with van der Waals surface area (Å²) in [5.41, 5.74) is 0.755. The van der Waals surface area contributed by atoms with E-state index in [0.717, 1.165) is 44.6 Å². The van der Waals surface area contributed by atoms with Crippen LogP contribution in [0.5, 0.6) is 0 Å². The molecule has 2 aromatic rings. The fraction of sp³-hybridized carbons (Fsp3) is 0.579. The van der Waals surface area contributed by atoms with Crippen LogP contribution in [-0.4, -0.2) is 57.2 Å². The summed E-state index contributed by atoms with van der Waals surface area (Å²) in [6, 6.07) is 5.78. The number of hydrogen-bond acceptors (Lipinski definition) is 5. The minimum atomic E-state index is -0.563. The first-order chi connectivity index (χ1) is 13.1. The molecule has 27 heavy (non-hydrogen) atoms. The van der Waals surface area contributed by atoms with E-state index in [0.29, 0.717) is 18.2 Å². The lowest BCUT2D eigenvalue weighted by Gasteiger charge is -2.34. The van der Waals surface area contributed by atoms with Gasteiger partial charge in [0.1, 0.15) is 17.7 Å². The Morgan fingerprint density at radius 3 is 2.78 bits per heavy atom. The predicted octanol–water partition coefficient (Wildman–Crippen LogP) is 1.75. The Bertz CT molecular complexity index is 756. The maximum Gasteiger partial charge on any atom is 0.247 e. The highest BCUT2D eigenvalue weighted by atomic mass is 19.1. The van der Waals surface area contributed by atoms with E-state index >= 15 is 0 Å². The number of aryl methyl sites for hydroxylation is 1. The smallest absolute Gasteiger partial charge is 0.247 e. The van der Waals surface area contributed by atoms with Gasteiger partial charge in [-0.15, -0.1) is 5.10 Å². The standard InChI is InChI=1S/C19H27FN6O/c1-3-21-13-15-7-9-25(10-8-15)19(27)18(26-14(2)22-23-24-26)12-16-5-4-6-17(20)11-16/h4-6,11,15,18,21H,3,7-10,12-13H2,1-2H3. The molecule has 146 valence electrons. The fourth-order valence-corrected chi connectivity index (χ4v) is 3.61. The number of carbonyl (C=O) groups is 1. The van der Waals surface area contributed by atoms with Crippen LogP contribution in [0.4, 0.5) is 4.39 Å². The van der Waals surface area contributed by atoms with Crippen molar-refractivity contribution in [3.8, 4) is 0 Å². The number of tetrazole rings is 1. The summed E-state index contributed by atoms with van der Waals surface area (Å²) in [5, 5.41) is 15.0. The Kier molecular flexibility index (Phi) is 6.49. The molecule has 0 bridgehead atoms. The first-order valence-electron chi connectivity index (χ1n) is 9.57. The van der Waals surface area contributed by atoms with Crippen LogP contribution in [0.2, 0.25) is 0 Å². The summed E-state index contributed by atoms with van der Waals surface area (Å²) in [6.45, 7) is 7.30. The van der Waals surface area contributed by atoms with Crippen LogP contribution in [-0.2, 0) is 11.2 Å². The van der Waals surface area contributed by atoms with E-state index in [4.69, 9.17) is 0 Å². The second-order valence-electron chi connectivity index (χ2n) is 7.10. The molecule has 1 saturated heterocycles. The number of carbonyl (C=O) groups excluding carboxylic acids is 1. The van der Waals surface area contributed by atoms with Crippen molar-refractivity contribution in [2.24, 2.45) is 5.92 Å². The quantitative estimate of drug-likeness (QED) is 0.799. The van der Waals surface area contributed by atoms with Crippen molar-refractivity contribution in [1.29, 1.82) is 0 Å². The van der Waals surface area contributed by atoms with Crippen LogP contribution in [0, 0.1) is 18.7 Å². The highest BCUT2D eigenvalue weighted by molar-refractivity contribution is 5.80. The topological polar surface area (TPSA) is 75.9 Å². The summed E-state index contributed by atoms with van der Waals surface area (Å²) < 4.78 is 15.1. The molecule has 1 aliphatic heterocycles. The lowest BCUT2D eigenvalue weighted by molar-refractivity contribution is -0.136. The normalized spacial score (nSPS) is 16.5.